The van der Waals surface area contributed by atoms with Crippen molar-refractivity contribution in [1.29, 1.82) is 0 Å². The number of imidazole rings is 1. The molecule has 10 heteroatoms. The Morgan fingerprint density at radius 3 is 2.33 bits per heavy atom. The van der Waals surface area contributed by atoms with E-state index >= 15 is 0 Å². The highest BCUT2D eigenvalue weighted by atomic mass is 19.3. The average molecular weight is 456 g/mol. The van der Waals surface area contributed by atoms with Gasteiger partial charge in [-0.05, 0) is 24.6 Å². The average Bonchev–Trinajstić information content (AvgIpc) is 3.09. The summed E-state index contributed by atoms with van der Waals surface area (Å²) in [5, 5.41) is 0. The molecule has 0 fully saturated rings. The van der Waals surface area contributed by atoms with E-state index in [1.807, 2.05) is 31.2 Å². The second-order valence-electron chi connectivity index (χ2n) is 7.83. The molecular weight excluding hydrogens is 434 g/mol. The number of fused-ring (bicyclic) bond motifs is 1. The number of rotatable bonds is 6. The number of nitrogens with zero attached hydrogens (tertiary/aromatic N) is 4. The van der Waals surface area contributed by atoms with Crippen molar-refractivity contribution in [3.8, 4) is 17.5 Å². The Kier molecular flexibility index (Phi) is 5.52. The molecule has 4 aromatic rings. The van der Waals surface area contributed by atoms with Gasteiger partial charge in [0.1, 0.15) is 11.5 Å². The van der Waals surface area contributed by atoms with Crippen LogP contribution in [0, 0.1) is 6.92 Å². The number of alkyl halides is 2. The molecule has 0 aliphatic carbocycles. The molecule has 0 N–H and O–H groups in total. The summed E-state index contributed by atoms with van der Waals surface area (Å²) in [4.78, 5) is 29.8. The molecule has 0 saturated heterocycles. The van der Waals surface area contributed by atoms with Crippen LogP contribution < -0.4 is 20.7 Å². The van der Waals surface area contributed by atoms with Crippen LogP contribution in [0.4, 0.5) is 8.78 Å². The van der Waals surface area contributed by atoms with E-state index in [1.165, 1.54) is 36.9 Å². The van der Waals surface area contributed by atoms with Crippen LogP contribution >= 0.6 is 0 Å². The summed E-state index contributed by atoms with van der Waals surface area (Å²) in [6.45, 7) is 2.84. The Hall–Kier alpha value is -3.95. The van der Waals surface area contributed by atoms with Crippen LogP contribution in [0.5, 0.6) is 17.5 Å². The van der Waals surface area contributed by atoms with Crippen LogP contribution in [-0.4, -0.2) is 24.8 Å². The van der Waals surface area contributed by atoms with E-state index < -0.39 is 17.4 Å². The normalized spacial score (nSPS) is 11.7. The van der Waals surface area contributed by atoms with Crippen LogP contribution in [0.3, 0.4) is 0 Å². The van der Waals surface area contributed by atoms with Gasteiger partial charge in [0.2, 0.25) is 0 Å². The maximum absolute atomic E-state index is 13.3. The maximum Gasteiger partial charge on any atom is 0.394 e. The SMILES string of the molecule is Cc1ccc(Cn2c(Oc3cccc(OC(C)(F)F)c3)nc3c2c(=O)n(C)c(=O)n3C)cc1. The molecule has 0 spiro atoms. The van der Waals surface area contributed by atoms with Crippen molar-refractivity contribution in [2.24, 2.45) is 14.1 Å². The molecule has 2 heterocycles. The summed E-state index contributed by atoms with van der Waals surface area (Å²) in [5.74, 6) is 0.0866. The molecule has 4 rings (SSSR count). The zero-order chi connectivity index (χ0) is 23.9. The minimum absolute atomic E-state index is 0.0317. The summed E-state index contributed by atoms with van der Waals surface area (Å²) in [5.41, 5.74) is 1.24. The first-order chi connectivity index (χ1) is 15.5. The molecule has 172 valence electrons. The Labute approximate surface area is 187 Å². The minimum Gasteiger partial charge on any atom is -0.433 e. The van der Waals surface area contributed by atoms with Crippen molar-refractivity contribution in [3.05, 3.63) is 80.5 Å². The molecule has 0 bridgehead atoms. The molecule has 8 nitrogen and oxygen atoms in total. The second-order valence-corrected chi connectivity index (χ2v) is 7.83. The predicted octanol–water partition coefficient (Wildman–Crippen LogP) is 3.57. The Bertz CT molecular complexity index is 1450. The molecule has 2 aromatic heterocycles. The van der Waals surface area contributed by atoms with Crippen molar-refractivity contribution in [2.75, 3.05) is 0 Å². The number of aromatic nitrogens is 4. The molecule has 0 unspecified atom stereocenters. The maximum atomic E-state index is 13.3. The summed E-state index contributed by atoms with van der Waals surface area (Å²) < 4.78 is 40.8. The first-order valence-electron chi connectivity index (χ1n) is 10.1. The number of hydrogen-bond acceptors (Lipinski definition) is 5. The monoisotopic (exact) mass is 456 g/mol. The molecule has 0 saturated carbocycles. The van der Waals surface area contributed by atoms with Crippen LogP contribution in [0.1, 0.15) is 18.1 Å². The fourth-order valence-electron chi connectivity index (χ4n) is 3.44. The second kappa shape index (κ2) is 8.19. The highest BCUT2D eigenvalue weighted by Crippen LogP contribution is 2.29. The first kappa shape index (κ1) is 22.3. The molecule has 0 aliphatic rings. The van der Waals surface area contributed by atoms with Crippen LogP contribution in [0.25, 0.3) is 11.2 Å². The molecule has 33 heavy (non-hydrogen) atoms. The molecule has 0 radical (unpaired) electrons. The zero-order valence-corrected chi connectivity index (χ0v) is 18.5. The van der Waals surface area contributed by atoms with Gasteiger partial charge in [0.05, 0.1) is 6.54 Å². The van der Waals surface area contributed by atoms with Crippen molar-refractivity contribution in [3.63, 3.8) is 0 Å². The molecule has 0 amide bonds. The van der Waals surface area contributed by atoms with E-state index in [2.05, 4.69) is 9.72 Å². The van der Waals surface area contributed by atoms with Gasteiger partial charge in [0.25, 0.3) is 5.56 Å². The minimum atomic E-state index is -3.36. The van der Waals surface area contributed by atoms with Gasteiger partial charge in [-0.1, -0.05) is 35.9 Å². The fraction of sp³-hybridized carbons (Fsp3) is 0.261. The molecule has 0 aliphatic heterocycles. The number of aryl methyl sites for hydroxylation is 2. The van der Waals surface area contributed by atoms with Crippen LogP contribution in [0.15, 0.2) is 58.1 Å². The lowest BCUT2D eigenvalue weighted by atomic mass is 10.1. The van der Waals surface area contributed by atoms with E-state index in [1.54, 1.807) is 10.6 Å². The topological polar surface area (TPSA) is 80.3 Å². The lowest BCUT2D eigenvalue weighted by Gasteiger charge is -2.14. The van der Waals surface area contributed by atoms with Crippen LogP contribution in [0.2, 0.25) is 0 Å². The van der Waals surface area contributed by atoms with Crippen molar-refractivity contribution in [1.82, 2.24) is 18.7 Å². The van der Waals surface area contributed by atoms with Gasteiger partial charge in [-0.25, -0.2) is 4.79 Å². The quantitative estimate of drug-likeness (QED) is 0.443. The van der Waals surface area contributed by atoms with Crippen molar-refractivity contribution in [2.45, 2.75) is 26.5 Å². The van der Waals surface area contributed by atoms with Gasteiger partial charge < -0.3 is 9.47 Å². The Balaban J connectivity index is 1.85. The van der Waals surface area contributed by atoms with Crippen LogP contribution in [-0.2, 0) is 20.6 Å². The van der Waals surface area contributed by atoms with Gasteiger partial charge >= 0.3 is 17.8 Å². The standard InChI is InChI=1S/C23H22F2N4O4/c1-14-8-10-15(11-9-14)13-29-18-19(27(3)22(31)28(4)20(18)30)26-21(29)32-16-6-5-7-17(12-16)33-23(2,24)25/h5-12H,13H2,1-4H3. The van der Waals surface area contributed by atoms with Gasteiger partial charge in [0.15, 0.2) is 11.2 Å². The highest BCUT2D eigenvalue weighted by molar-refractivity contribution is 5.72. The molecule has 2 aromatic carbocycles. The first-order valence-corrected chi connectivity index (χ1v) is 10.1. The lowest BCUT2D eigenvalue weighted by Crippen LogP contribution is -2.37. The van der Waals surface area contributed by atoms with Gasteiger partial charge in [0, 0.05) is 27.1 Å². The third kappa shape index (κ3) is 4.50. The van der Waals surface area contributed by atoms with E-state index in [9.17, 15) is 18.4 Å². The lowest BCUT2D eigenvalue weighted by molar-refractivity contribution is -0.158. The van der Waals surface area contributed by atoms with Crippen molar-refractivity contribution >= 4 is 11.2 Å². The fourth-order valence-corrected chi connectivity index (χ4v) is 3.44. The third-order valence-electron chi connectivity index (χ3n) is 5.09. The smallest absolute Gasteiger partial charge is 0.394 e. The largest absolute Gasteiger partial charge is 0.433 e. The van der Waals surface area contributed by atoms with Gasteiger partial charge in [-0.3, -0.25) is 18.5 Å². The van der Waals surface area contributed by atoms with Crippen molar-refractivity contribution < 1.29 is 18.3 Å². The van der Waals surface area contributed by atoms with E-state index in [4.69, 9.17) is 4.74 Å². The number of halogens is 2. The number of hydrogen-bond donors (Lipinski definition) is 0. The van der Waals surface area contributed by atoms with E-state index in [0.29, 0.717) is 6.92 Å². The third-order valence-corrected chi connectivity index (χ3v) is 5.09. The predicted molar refractivity (Wildman–Crippen MR) is 118 cm³/mol. The Morgan fingerprint density at radius 2 is 1.67 bits per heavy atom. The van der Waals surface area contributed by atoms with E-state index in [0.717, 1.165) is 15.7 Å². The summed E-state index contributed by atoms with van der Waals surface area (Å²) in [7, 11) is 2.90. The summed E-state index contributed by atoms with van der Waals surface area (Å²) >= 11 is 0. The molecular formula is C23H22F2N4O4. The number of benzene rings is 2. The van der Waals surface area contributed by atoms with E-state index in [-0.39, 0.29) is 35.2 Å². The number of ether oxygens (including phenoxy) is 2. The van der Waals surface area contributed by atoms with Gasteiger partial charge in [-0.2, -0.15) is 13.8 Å². The summed E-state index contributed by atoms with van der Waals surface area (Å²) in [6, 6.07) is 13.5. The highest BCUT2D eigenvalue weighted by Gasteiger charge is 2.24. The molecule has 0 atom stereocenters. The summed E-state index contributed by atoms with van der Waals surface area (Å²) in [6.07, 6.45) is -3.36. The van der Waals surface area contributed by atoms with Gasteiger partial charge in [-0.15, -0.1) is 0 Å². The zero-order valence-electron chi connectivity index (χ0n) is 18.5. The Morgan fingerprint density at radius 1 is 1.00 bits per heavy atom.